The van der Waals surface area contributed by atoms with Gasteiger partial charge >= 0.3 is 11.8 Å². The van der Waals surface area contributed by atoms with Crippen LogP contribution in [0.5, 0.6) is 0 Å². The van der Waals surface area contributed by atoms with Crippen molar-refractivity contribution in [3.05, 3.63) is 59.9 Å². The standard InChI is InChI=1S/C20H25N3O5S/c1-15-6-8-17(9-7-15)29(26,27)18(16-5-3-10-21-13-16)14-23-20(25)19(24)22-11-4-12-28-2/h3,5-10,13,18H,4,11-12,14H2,1-2H3,(H,22,24)(H,23,25)/t18-/m0/s1. The number of hydrogen-bond donors (Lipinski definition) is 2. The van der Waals surface area contributed by atoms with E-state index in [1.807, 2.05) is 6.92 Å². The Hall–Kier alpha value is -2.78. The fraction of sp³-hybridized carbons (Fsp3) is 0.350. The SMILES string of the molecule is COCCCNC(=O)C(=O)NC[C@@H](c1cccnc1)S(=O)(=O)c1ccc(C)cc1. The molecule has 0 bridgehead atoms. The highest BCUT2D eigenvalue weighted by Crippen LogP contribution is 2.28. The van der Waals surface area contributed by atoms with Gasteiger partial charge in [0.2, 0.25) is 0 Å². The number of ether oxygens (including phenoxy) is 1. The van der Waals surface area contributed by atoms with Gasteiger partial charge in [-0.2, -0.15) is 0 Å². The summed E-state index contributed by atoms with van der Waals surface area (Å²) in [6.07, 6.45) is 3.54. The Morgan fingerprint density at radius 3 is 2.41 bits per heavy atom. The van der Waals surface area contributed by atoms with E-state index in [9.17, 15) is 18.0 Å². The van der Waals surface area contributed by atoms with Crippen LogP contribution < -0.4 is 10.6 Å². The van der Waals surface area contributed by atoms with Gasteiger partial charge in [0.15, 0.2) is 9.84 Å². The van der Waals surface area contributed by atoms with E-state index in [0.717, 1.165) is 5.56 Å². The Labute approximate surface area is 170 Å². The molecule has 0 unspecified atom stereocenters. The molecule has 0 saturated heterocycles. The average molecular weight is 420 g/mol. The van der Waals surface area contributed by atoms with E-state index in [-0.39, 0.29) is 18.0 Å². The van der Waals surface area contributed by atoms with E-state index in [2.05, 4.69) is 15.6 Å². The van der Waals surface area contributed by atoms with Crippen molar-refractivity contribution in [3.8, 4) is 0 Å². The first kappa shape index (κ1) is 22.5. The number of rotatable bonds is 9. The highest BCUT2D eigenvalue weighted by Gasteiger charge is 2.30. The van der Waals surface area contributed by atoms with E-state index in [0.29, 0.717) is 18.6 Å². The molecule has 0 radical (unpaired) electrons. The van der Waals surface area contributed by atoms with Gasteiger partial charge < -0.3 is 15.4 Å². The van der Waals surface area contributed by atoms with Gasteiger partial charge in [0.05, 0.1) is 4.90 Å². The molecule has 1 atom stereocenters. The lowest BCUT2D eigenvalue weighted by Crippen LogP contribution is -2.42. The molecule has 2 aromatic rings. The summed E-state index contributed by atoms with van der Waals surface area (Å²) in [5, 5.41) is 3.81. The third-order valence-corrected chi connectivity index (χ3v) is 6.36. The summed E-state index contributed by atoms with van der Waals surface area (Å²) in [5.41, 5.74) is 1.36. The number of nitrogens with zero attached hydrogens (tertiary/aromatic N) is 1. The van der Waals surface area contributed by atoms with Crippen molar-refractivity contribution in [1.29, 1.82) is 0 Å². The van der Waals surface area contributed by atoms with Gasteiger partial charge in [-0.15, -0.1) is 0 Å². The maximum absolute atomic E-state index is 13.2. The van der Waals surface area contributed by atoms with Gasteiger partial charge in [-0.1, -0.05) is 23.8 Å². The molecule has 0 fully saturated rings. The van der Waals surface area contributed by atoms with Crippen molar-refractivity contribution in [1.82, 2.24) is 15.6 Å². The molecule has 0 spiro atoms. The number of aryl methyl sites for hydroxylation is 1. The lowest BCUT2D eigenvalue weighted by molar-refractivity contribution is -0.139. The summed E-state index contributed by atoms with van der Waals surface area (Å²) >= 11 is 0. The molecule has 0 aliphatic rings. The zero-order chi connectivity index (χ0) is 21.3. The highest BCUT2D eigenvalue weighted by molar-refractivity contribution is 7.91. The maximum atomic E-state index is 13.2. The van der Waals surface area contributed by atoms with Gasteiger partial charge in [-0.3, -0.25) is 14.6 Å². The van der Waals surface area contributed by atoms with Crippen LogP contribution in [-0.4, -0.2) is 52.0 Å². The van der Waals surface area contributed by atoms with Gasteiger partial charge in [-0.05, 0) is 37.1 Å². The normalized spacial score (nSPS) is 12.2. The minimum absolute atomic E-state index is 0.134. The molecule has 1 aromatic heterocycles. The van der Waals surface area contributed by atoms with E-state index in [1.54, 1.807) is 31.4 Å². The lowest BCUT2D eigenvalue weighted by atomic mass is 10.2. The van der Waals surface area contributed by atoms with Crippen LogP contribution in [0.3, 0.4) is 0 Å². The summed E-state index contributed by atoms with van der Waals surface area (Å²) in [4.78, 5) is 28.1. The summed E-state index contributed by atoms with van der Waals surface area (Å²) in [5.74, 6) is -1.71. The third-order valence-electron chi connectivity index (χ3n) is 4.25. The van der Waals surface area contributed by atoms with Crippen molar-refractivity contribution in [2.75, 3.05) is 26.8 Å². The number of carbonyl (C=O) groups is 2. The molecule has 29 heavy (non-hydrogen) atoms. The largest absolute Gasteiger partial charge is 0.385 e. The molecular weight excluding hydrogens is 394 g/mol. The smallest absolute Gasteiger partial charge is 0.309 e. The Bertz CT molecular complexity index is 915. The molecule has 2 N–H and O–H groups in total. The molecule has 9 heteroatoms. The van der Waals surface area contributed by atoms with Crippen LogP contribution in [0.15, 0.2) is 53.7 Å². The monoisotopic (exact) mass is 419 g/mol. The van der Waals surface area contributed by atoms with Crippen LogP contribution >= 0.6 is 0 Å². The fourth-order valence-corrected chi connectivity index (χ4v) is 4.27. The van der Waals surface area contributed by atoms with E-state index in [4.69, 9.17) is 4.74 Å². The molecule has 0 saturated carbocycles. The first-order valence-electron chi connectivity index (χ1n) is 9.11. The number of pyridine rings is 1. The number of aromatic nitrogens is 1. The number of amides is 2. The maximum Gasteiger partial charge on any atom is 0.309 e. The molecule has 0 aliphatic carbocycles. The predicted octanol–water partition coefficient (Wildman–Crippen LogP) is 1.17. The second kappa shape index (κ2) is 10.7. The van der Waals surface area contributed by atoms with Crippen LogP contribution in [0.1, 0.15) is 22.8 Å². The van der Waals surface area contributed by atoms with Gasteiger partial charge in [0.1, 0.15) is 5.25 Å². The Morgan fingerprint density at radius 1 is 1.10 bits per heavy atom. The van der Waals surface area contributed by atoms with Crippen molar-refractivity contribution >= 4 is 21.7 Å². The summed E-state index contributed by atoms with van der Waals surface area (Å²) < 4.78 is 31.2. The molecule has 2 amide bonds. The number of nitrogens with one attached hydrogen (secondary N) is 2. The van der Waals surface area contributed by atoms with Crippen molar-refractivity contribution in [2.45, 2.75) is 23.5 Å². The molecule has 2 rings (SSSR count). The second-order valence-corrected chi connectivity index (χ2v) is 8.58. The third kappa shape index (κ3) is 6.37. The van der Waals surface area contributed by atoms with E-state index >= 15 is 0 Å². The average Bonchev–Trinajstić information content (AvgIpc) is 2.72. The Morgan fingerprint density at radius 2 is 1.79 bits per heavy atom. The van der Waals surface area contributed by atoms with Crippen LogP contribution in [0, 0.1) is 6.92 Å². The van der Waals surface area contributed by atoms with Crippen LogP contribution in [-0.2, 0) is 24.2 Å². The minimum Gasteiger partial charge on any atom is -0.385 e. The number of benzene rings is 1. The zero-order valence-corrected chi connectivity index (χ0v) is 17.2. The van der Waals surface area contributed by atoms with Gasteiger partial charge in [0, 0.05) is 39.2 Å². The van der Waals surface area contributed by atoms with Gasteiger partial charge in [-0.25, -0.2) is 8.42 Å². The van der Waals surface area contributed by atoms with Crippen molar-refractivity contribution < 1.29 is 22.7 Å². The lowest BCUT2D eigenvalue weighted by Gasteiger charge is -2.18. The molecule has 1 heterocycles. The zero-order valence-electron chi connectivity index (χ0n) is 16.4. The van der Waals surface area contributed by atoms with Crippen molar-refractivity contribution in [3.63, 3.8) is 0 Å². The van der Waals surface area contributed by atoms with Crippen LogP contribution in [0.4, 0.5) is 0 Å². The van der Waals surface area contributed by atoms with Crippen LogP contribution in [0.25, 0.3) is 0 Å². The number of sulfone groups is 1. The number of carbonyl (C=O) groups excluding carboxylic acids is 2. The molecular formula is C20H25N3O5S. The van der Waals surface area contributed by atoms with E-state index in [1.165, 1.54) is 24.5 Å². The van der Waals surface area contributed by atoms with Crippen LogP contribution in [0.2, 0.25) is 0 Å². The highest BCUT2D eigenvalue weighted by atomic mass is 32.2. The number of hydrogen-bond acceptors (Lipinski definition) is 6. The Kier molecular flexibility index (Phi) is 8.29. The topological polar surface area (TPSA) is 114 Å². The summed E-state index contributed by atoms with van der Waals surface area (Å²) in [7, 11) is -2.28. The molecule has 156 valence electrons. The Balaban J connectivity index is 2.15. The van der Waals surface area contributed by atoms with Crippen molar-refractivity contribution in [2.24, 2.45) is 0 Å². The summed E-state index contributed by atoms with van der Waals surface area (Å²) in [6, 6.07) is 9.72. The molecule has 0 aliphatic heterocycles. The first-order valence-corrected chi connectivity index (χ1v) is 10.7. The molecule has 8 nitrogen and oxygen atoms in total. The minimum atomic E-state index is -3.82. The number of methoxy groups -OCH3 is 1. The predicted molar refractivity (Wildman–Crippen MR) is 108 cm³/mol. The quantitative estimate of drug-likeness (QED) is 0.466. The molecule has 1 aromatic carbocycles. The summed E-state index contributed by atoms with van der Waals surface area (Å²) in [6.45, 7) is 2.35. The second-order valence-electron chi connectivity index (χ2n) is 6.45. The first-order chi connectivity index (χ1) is 13.9. The van der Waals surface area contributed by atoms with Gasteiger partial charge in [0.25, 0.3) is 0 Å². The van der Waals surface area contributed by atoms with E-state index < -0.39 is 26.9 Å². The fourth-order valence-electron chi connectivity index (χ4n) is 2.63.